The fourth-order valence-corrected chi connectivity index (χ4v) is 2.42. The highest BCUT2D eigenvalue weighted by Crippen LogP contribution is 2.26. The molecule has 1 aliphatic rings. The molecule has 1 unspecified atom stereocenters. The molecule has 2 rings (SSSR count). The summed E-state index contributed by atoms with van der Waals surface area (Å²) >= 11 is 5.90. The van der Waals surface area contributed by atoms with E-state index in [4.69, 9.17) is 22.1 Å². The van der Waals surface area contributed by atoms with Gasteiger partial charge < -0.3 is 15.4 Å². The van der Waals surface area contributed by atoms with E-state index in [-0.39, 0.29) is 17.4 Å². The lowest BCUT2D eigenvalue weighted by atomic mass is 9.86. The van der Waals surface area contributed by atoms with Gasteiger partial charge in [0, 0.05) is 11.6 Å². The number of nitrogens with two attached hydrogens (primary N) is 1. The van der Waals surface area contributed by atoms with Crippen molar-refractivity contribution < 1.29 is 9.53 Å². The summed E-state index contributed by atoms with van der Waals surface area (Å²) in [6.07, 6.45) is -0.118. The Labute approximate surface area is 131 Å². The van der Waals surface area contributed by atoms with Crippen molar-refractivity contribution in [2.75, 3.05) is 19.7 Å². The molecule has 0 aliphatic carbocycles. The van der Waals surface area contributed by atoms with Gasteiger partial charge in [-0.15, -0.1) is 0 Å². The fourth-order valence-electron chi connectivity index (χ4n) is 2.30. The van der Waals surface area contributed by atoms with Gasteiger partial charge in [-0.2, -0.15) is 0 Å². The minimum Gasteiger partial charge on any atom is -0.370 e. The molecule has 0 aromatic heterocycles. The number of carbonyl (C=O) groups is 1. The maximum atomic E-state index is 12.5. The molecule has 1 amide bonds. The van der Waals surface area contributed by atoms with E-state index in [0.29, 0.717) is 24.7 Å². The minimum absolute atomic E-state index is 0.00948. The van der Waals surface area contributed by atoms with Crippen molar-refractivity contribution in [3.63, 3.8) is 0 Å². The van der Waals surface area contributed by atoms with E-state index >= 15 is 0 Å². The molecule has 0 bridgehead atoms. The number of hydrogen-bond donors (Lipinski definition) is 1. The molecule has 116 valence electrons. The molecule has 4 nitrogen and oxygen atoms in total. The monoisotopic (exact) mass is 310 g/mol. The van der Waals surface area contributed by atoms with Gasteiger partial charge in [-0.05, 0) is 23.1 Å². The number of nitrogens with zero attached hydrogens (tertiary/aromatic N) is 1. The fraction of sp³-hybridized carbons (Fsp3) is 0.562. The molecule has 0 spiro atoms. The van der Waals surface area contributed by atoms with Crippen LogP contribution in [0.3, 0.4) is 0 Å². The number of ether oxygens (including phenoxy) is 1. The lowest BCUT2D eigenvalue weighted by molar-refractivity contribution is -0.142. The molecule has 1 aromatic rings. The zero-order chi connectivity index (χ0) is 15.6. The first kappa shape index (κ1) is 16.3. The third-order valence-corrected chi connectivity index (χ3v) is 4.07. The van der Waals surface area contributed by atoms with Crippen LogP contribution in [0.1, 0.15) is 32.4 Å². The molecule has 1 aliphatic heterocycles. The number of carbonyl (C=O) groups excluding carboxylic acids is 1. The van der Waals surface area contributed by atoms with Gasteiger partial charge in [-0.3, -0.25) is 4.79 Å². The van der Waals surface area contributed by atoms with Crippen molar-refractivity contribution in [3.05, 3.63) is 34.9 Å². The van der Waals surface area contributed by atoms with E-state index < -0.39 is 6.04 Å². The SMILES string of the molecule is CC(C)(C)[C@@H](N)C(=O)N1CCOC(c2ccc(Cl)cc2)C1. The van der Waals surface area contributed by atoms with Crippen molar-refractivity contribution >= 4 is 17.5 Å². The quantitative estimate of drug-likeness (QED) is 0.913. The Morgan fingerprint density at radius 3 is 2.57 bits per heavy atom. The summed E-state index contributed by atoms with van der Waals surface area (Å²) in [5.74, 6) is -0.00948. The van der Waals surface area contributed by atoms with E-state index in [0.717, 1.165) is 5.56 Å². The van der Waals surface area contributed by atoms with E-state index in [1.807, 2.05) is 45.0 Å². The van der Waals surface area contributed by atoms with E-state index in [9.17, 15) is 4.79 Å². The second-order valence-electron chi connectivity index (χ2n) is 6.54. The first-order valence-electron chi connectivity index (χ1n) is 7.20. The largest absolute Gasteiger partial charge is 0.370 e. The molecular formula is C16H23ClN2O2. The average Bonchev–Trinajstić information content (AvgIpc) is 2.45. The first-order chi connectivity index (χ1) is 9.79. The number of halogens is 1. The maximum absolute atomic E-state index is 12.5. The second-order valence-corrected chi connectivity index (χ2v) is 6.98. The molecule has 2 atom stereocenters. The van der Waals surface area contributed by atoms with Crippen LogP contribution in [0.4, 0.5) is 0 Å². The van der Waals surface area contributed by atoms with Gasteiger partial charge in [-0.1, -0.05) is 44.5 Å². The van der Waals surface area contributed by atoms with Crippen LogP contribution >= 0.6 is 11.6 Å². The Hall–Kier alpha value is -1.10. The summed E-state index contributed by atoms with van der Waals surface area (Å²) in [5, 5.41) is 0.692. The van der Waals surface area contributed by atoms with Gasteiger partial charge >= 0.3 is 0 Å². The molecule has 1 saturated heterocycles. The van der Waals surface area contributed by atoms with Gasteiger partial charge in [0.15, 0.2) is 0 Å². The van der Waals surface area contributed by atoms with Crippen LogP contribution in [-0.2, 0) is 9.53 Å². The highest BCUT2D eigenvalue weighted by atomic mass is 35.5. The average molecular weight is 311 g/mol. The Morgan fingerprint density at radius 1 is 1.38 bits per heavy atom. The molecule has 1 fully saturated rings. The van der Waals surface area contributed by atoms with Crippen molar-refractivity contribution in [2.45, 2.75) is 32.9 Å². The van der Waals surface area contributed by atoms with E-state index in [1.165, 1.54) is 0 Å². The summed E-state index contributed by atoms with van der Waals surface area (Å²) < 4.78 is 5.77. The van der Waals surface area contributed by atoms with Gasteiger partial charge in [0.05, 0.1) is 19.2 Å². The zero-order valence-electron chi connectivity index (χ0n) is 12.8. The topological polar surface area (TPSA) is 55.6 Å². The molecule has 0 saturated carbocycles. The van der Waals surface area contributed by atoms with Crippen LogP contribution in [0.25, 0.3) is 0 Å². The number of morpholine rings is 1. The highest BCUT2D eigenvalue weighted by molar-refractivity contribution is 6.30. The lowest BCUT2D eigenvalue weighted by Gasteiger charge is -2.37. The van der Waals surface area contributed by atoms with Crippen LogP contribution < -0.4 is 5.73 Å². The Kier molecular flexibility index (Phi) is 4.91. The summed E-state index contributed by atoms with van der Waals surface area (Å²) in [6, 6.07) is 7.04. The number of hydrogen-bond acceptors (Lipinski definition) is 3. The minimum atomic E-state index is -0.499. The van der Waals surface area contributed by atoms with E-state index in [1.54, 1.807) is 4.90 Å². The first-order valence-corrected chi connectivity index (χ1v) is 7.58. The Morgan fingerprint density at radius 2 is 2.00 bits per heavy atom. The van der Waals surface area contributed by atoms with Crippen molar-refractivity contribution in [1.82, 2.24) is 4.90 Å². The normalized spacial score (nSPS) is 21.2. The molecule has 0 radical (unpaired) electrons. The molecule has 1 heterocycles. The van der Waals surface area contributed by atoms with Gasteiger partial charge in [0.1, 0.15) is 6.10 Å². The number of rotatable bonds is 2. The summed E-state index contributed by atoms with van der Waals surface area (Å²) in [4.78, 5) is 14.3. The number of benzene rings is 1. The van der Waals surface area contributed by atoms with Gasteiger partial charge in [0.2, 0.25) is 5.91 Å². The predicted molar refractivity (Wildman–Crippen MR) is 84.2 cm³/mol. The summed E-state index contributed by atoms with van der Waals surface area (Å²) in [5.41, 5.74) is 6.86. The van der Waals surface area contributed by atoms with Crippen molar-refractivity contribution in [3.8, 4) is 0 Å². The van der Waals surface area contributed by atoms with Crippen molar-refractivity contribution in [2.24, 2.45) is 11.1 Å². The van der Waals surface area contributed by atoms with Gasteiger partial charge in [0.25, 0.3) is 0 Å². The molecule has 21 heavy (non-hydrogen) atoms. The standard InChI is InChI=1S/C16H23ClN2O2/c1-16(2,3)14(18)15(20)19-8-9-21-13(10-19)11-4-6-12(17)7-5-11/h4-7,13-14H,8-10,18H2,1-3H3/t13?,14-/m0/s1. The van der Waals surface area contributed by atoms with Crippen LogP contribution in [0.15, 0.2) is 24.3 Å². The molecular weight excluding hydrogens is 288 g/mol. The molecule has 1 aromatic carbocycles. The van der Waals surface area contributed by atoms with E-state index in [2.05, 4.69) is 0 Å². The predicted octanol–water partition coefficient (Wildman–Crippen LogP) is 2.61. The summed E-state index contributed by atoms with van der Waals surface area (Å²) in [7, 11) is 0. The maximum Gasteiger partial charge on any atom is 0.240 e. The summed E-state index contributed by atoms with van der Waals surface area (Å²) in [6.45, 7) is 7.58. The van der Waals surface area contributed by atoms with Crippen LogP contribution in [0, 0.1) is 5.41 Å². The Balaban J connectivity index is 2.07. The second kappa shape index (κ2) is 6.34. The highest BCUT2D eigenvalue weighted by Gasteiger charge is 2.34. The third-order valence-electron chi connectivity index (χ3n) is 3.82. The van der Waals surface area contributed by atoms with Gasteiger partial charge in [-0.25, -0.2) is 0 Å². The van der Waals surface area contributed by atoms with Crippen LogP contribution in [-0.4, -0.2) is 36.5 Å². The lowest BCUT2D eigenvalue weighted by Crippen LogP contribution is -2.53. The van der Waals surface area contributed by atoms with Crippen molar-refractivity contribution in [1.29, 1.82) is 0 Å². The molecule has 2 N–H and O–H groups in total. The molecule has 5 heteroatoms. The number of amides is 1. The van der Waals surface area contributed by atoms with Crippen LogP contribution in [0.5, 0.6) is 0 Å². The smallest absolute Gasteiger partial charge is 0.240 e. The zero-order valence-corrected chi connectivity index (χ0v) is 13.6. The Bertz CT molecular complexity index is 496. The van der Waals surface area contributed by atoms with Crippen LogP contribution in [0.2, 0.25) is 5.02 Å². The third kappa shape index (κ3) is 3.96.